The Balaban J connectivity index is 2.39. The molecule has 0 aromatic heterocycles. The summed E-state index contributed by atoms with van der Waals surface area (Å²) in [6.45, 7) is 7.65. The molecule has 0 spiro atoms. The predicted molar refractivity (Wildman–Crippen MR) is 56.0 cm³/mol. The van der Waals surface area contributed by atoms with Gasteiger partial charge in [0.15, 0.2) is 0 Å². The Hall–Kier alpha value is -0.0800. The van der Waals surface area contributed by atoms with Gasteiger partial charge in [0, 0.05) is 6.04 Å². The maximum Gasteiger partial charge on any atom is 0.0705 e. The smallest absolute Gasteiger partial charge is 0.0705 e. The van der Waals surface area contributed by atoms with Crippen molar-refractivity contribution in [3.8, 4) is 0 Å². The van der Waals surface area contributed by atoms with Crippen molar-refractivity contribution in [2.45, 2.75) is 58.3 Å². The van der Waals surface area contributed by atoms with E-state index >= 15 is 0 Å². The highest BCUT2D eigenvalue weighted by Gasteiger charge is 2.25. The summed E-state index contributed by atoms with van der Waals surface area (Å²) in [5.74, 6) is 0. The number of likely N-dealkylation sites (N-methyl/N-ethyl adjacent to an activating group) is 1. The second-order valence-corrected chi connectivity index (χ2v) is 4.43. The van der Waals surface area contributed by atoms with E-state index in [1.165, 1.54) is 25.8 Å². The number of ether oxygens (including phenoxy) is 1. The van der Waals surface area contributed by atoms with E-state index in [0.29, 0.717) is 18.2 Å². The van der Waals surface area contributed by atoms with Crippen molar-refractivity contribution in [2.75, 3.05) is 13.6 Å². The normalized spacial score (nSPS) is 27.9. The summed E-state index contributed by atoms with van der Waals surface area (Å²) in [5, 5.41) is 0. The van der Waals surface area contributed by atoms with Gasteiger partial charge in [-0.25, -0.2) is 0 Å². The summed E-state index contributed by atoms with van der Waals surface area (Å²) in [4.78, 5) is 2.44. The van der Waals surface area contributed by atoms with Gasteiger partial charge in [0.25, 0.3) is 0 Å². The van der Waals surface area contributed by atoms with Crippen molar-refractivity contribution in [1.29, 1.82) is 0 Å². The van der Waals surface area contributed by atoms with Crippen molar-refractivity contribution in [3.05, 3.63) is 0 Å². The Labute approximate surface area is 82.3 Å². The van der Waals surface area contributed by atoms with Gasteiger partial charge >= 0.3 is 0 Å². The lowest BCUT2D eigenvalue weighted by molar-refractivity contribution is -0.0394. The molecule has 0 N–H and O–H groups in total. The van der Waals surface area contributed by atoms with Crippen LogP contribution >= 0.6 is 0 Å². The molecule has 78 valence electrons. The molecule has 13 heavy (non-hydrogen) atoms. The lowest BCUT2D eigenvalue weighted by Gasteiger charge is -2.37. The molecular formula is C11H23NO. The Morgan fingerprint density at radius 2 is 1.92 bits per heavy atom. The molecule has 0 radical (unpaired) electrons. The molecule has 0 aromatic rings. The first-order valence-corrected chi connectivity index (χ1v) is 5.47. The van der Waals surface area contributed by atoms with Gasteiger partial charge in [0.05, 0.1) is 12.2 Å². The summed E-state index contributed by atoms with van der Waals surface area (Å²) in [6.07, 6.45) is 4.74. The van der Waals surface area contributed by atoms with Crippen molar-refractivity contribution < 1.29 is 4.74 Å². The Kier molecular flexibility index (Phi) is 4.20. The lowest BCUT2D eigenvalue weighted by Crippen LogP contribution is -2.44. The molecule has 0 aliphatic carbocycles. The fourth-order valence-electron chi connectivity index (χ4n) is 2.21. The third kappa shape index (κ3) is 3.28. The van der Waals surface area contributed by atoms with Crippen LogP contribution in [-0.4, -0.2) is 36.7 Å². The van der Waals surface area contributed by atoms with E-state index in [-0.39, 0.29) is 0 Å². The molecule has 1 saturated heterocycles. The second kappa shape index (κ2) is 4.97. The molecule has 1 heterocycles. The molecule has 0 bridgehead atoms. The van der Waals surface area contributed by atoms with E-state index in [1.807, 2.05) is 0 Å². The van der Waals surface area contributed by atoms with E-state index in [1.54, 1.807) is 0 Å². The average molecular weight is 185 g/mol. The topological polar surface area (TPSA) is 12.5 Å². The van der Waals surface area contributed by atoms with Crippen LogP contribution in [0.15, 0.2) is 0 Å². The second-order valence-electron chi connectivity index (χ2n) is 4.43. The minimum atomic E-state index is 0.352. The van der Waals surface area contributed by atoms with Crippen LogP contribution in [0.3, 0.4) is 0 Å². The number of hydrogen-bond donors (Lipinski definition) is 0. The van der Waals surface area contributed by atoms with E-state index in [4.69, 9.17) is 4.74 Å². The zero-order chi connectivity index (χ0) is 9.84. The van der Waals surface area contributed by atoms with Crippen molar-refractivity contribution in [1.82, 2.24) is 4.90 Å². The fraction of sp³-hybridized carbons (Fsp3) is 1.00. The minimum Gasteiger partial charge on any atom is -0.374 e. The van der Waals surface area contributed by atoms with Crippen molar-refractivity contribution in [2.24, 2.45) is 0 Å². The van der Waals surface area contributed by atoms with Gasteiger partial charge in [0.1, 0.15) is 0 Å². The minimum absolute atomic E-state index is 0.352. The molecule has 2 heteroatoms. The first-order chi connectivity index (χ1) is 6.11. The lowest BCUT2D eigenvalue weighted by atomic mass is 9.99. The van der Waals surface area contributed by atoms with E-state index < -0.39 is 0 Å². The highest BCUT2D eigenvalue weighted by molar-refractivity contribution is 4.79. The maximum atomic E-state index is 5.82. The summed E-state index contributed by atoms with van der Waals surface area (Å²) >= 11 is 0. The van der Waals surface area contributed by atoms with Gasteiger partial charge in [-0.3, -0.25) is 0 Å². The summed E-state index contributed by atoms with van der Waals surface area (Å²) in [5.41, 5.74) is 0. The third-order valence-corrected chi connectivity index (χ3v) is 2.86. The van der Waals surface area contributed by atoms with Gasteiger partial charge in [-0.2, -0.15) is 0 Å². The molecule has 2 nitrogen and oxygen atoms in total. The SMILES string of the molecule is CC(C)O[C@@H](C)[C@@H]1CCCCN1C. The quantitative estimate of drug-likeness (QED) is 0.669. The number of rotatable bonds is 3. The van der Waals surface area contributed by atoms with E-state index in [9.17, 15) is 0 Å². The number of piperidine rings is 1. The zero-order valence-electron chi connectivity index (χ0n) is 9.42. The van der Waals surface area contributed by atoms with Crippen LogP contribution < -0.4 is 0 Å². The molecule has 0 amide bonds. The van der Waals surface area contributed by atoms with Crippen LogP contribution in [0.4, 0.5) is 0 Å². The van der Waals surface area contributed by atoms with E-state index in [0.717, 1.165) is 0 Å². The largest absolute Gasteiger partial charge is 0.374 e. The molecule has 1 fully saturated rings. The van der Waals surface area contributed by atoms with Crippen LogP contribution in [0.5, 0.6) is 0 Å². The highest BCUT2D eigenvalue weighted by atomic mass is 16.5. The zero-order valence-corrected chi connectivity index (χ0v) is 9.42. The van der Waals surface area contributed by atoms with Crippen LogP contribution in [0.2, 0.25) is 0 Å². The van der Waals surface area contributed by atoms with Gasteiger partial charge in [-0.15, -0.1) is 0 Å². The molecule has 1 aliphatic rings. The van der Waals surface area contributed by atoms with Crippen molar-refractivity contribution >= 4 is 0 Å². The van der Waals surface area contributed by atoms with Crippen molar-refractivity contribution in [3.63, 3.8) is 0 Å². The molecular weight excluding hydrogens is 162 g/mol. The standard InChI is InChI=1S/C11H23NO/c1-9(2)13-10(3)11-7-5-6-8-12(11)4/h9-11H,5-8H2,1-4H3/t10-,11-/m0/s1. The van der Waals surface area contributed by atoms with Crippen LogP contribution in [0.1, 0.15) is 40.0 Å². The molecule has 0 saturated carbocycles. The van der Waals surface area contributed by atoms with Crippen LogP contribution in [-0.2, 0) is 4.74 Å². The summed E-state index contributed by atoms with van der Waals surface area (Å²) in [7, 11) is 2.21. The average Bonchev–Trinajstić information content (AvgIpc) is 2.03. The monoisotopic (exact) mass is 185 g/mol. The van der Waals surface area contributed by atoms with Crippen LogP contribution in [0, 0.1) is 0 Å². The number of likely N-dealkylation sites (tertiary alicyclic amines) is 1. The first-order valence-electron chi connectivity index (χ1n) is 5.47. The number of hydrogen-bond acceptors (Lipinski definition) is 2. The Morgan fingerprint density at radius 1 is 1.23 bits per heavy atom. The summed E-state index contributed by atoms with van der Waals surface area (Å²) in [6, 6.07) is 0.635. The first kappa shape index (κ1) is 11.0. The van der Waals surface area contributed by atoms with Gasteiger partial charge in [-0.05, 0) is 47.2 Å². The molecule has 0 aromatic carbocycles. The predicted octanol–water partition coefficient (Wildman–Crippen LogP) is 2.28. The highest BCUT2D eigenvalue weighted by Crippen LogP contribution is 2.20. The van der Waals surface area contributed by atoms with Gasteiger partial charge < -0.3 is 9.64 Å². The maximum absolute atomic E-state index is 5.82. The molecule has 1 rings (SSSR count). The van der Waals surface area contributed by atoms with E-state index in [2.05, 4.69) is 32.7 Å². The molecule has 0 unspecified atom stereocenters. The summed E-state index contributed by atoms with van der Waals surface area (Å²) < 4.78 is 5.82. The Morgan fingerprint density at radius 3 is 2.46 bits per heavy atom. The van der Waals surface area contributed by atoms with Crippen LogP contribution in [0.25, 0.3) is 0 Å². The molecule has 1 aliphatic heterocycles. The third-order valence-electron chi connectivity index (χ3n) is 2.86. The Bertz CT molecular complexity index is 147. The fourth-order valence-corrected chi connectivity index (χ4v) is 2.21. The molecule has 2 atom stereocenters. The van der Waals surface area contributed by atoms with Gasteiger partial charge in [0.2, 0.25) is 0 Å². The number of nitrogens with zero attached hydrogens (tertiary/aromatic N) is 1. The van der Waals surface area contributed by atoms with Gasteiger partial charge in [-0.1, -0.05) is 6.42 Å².